The number of rotatable bonds is 5. The molecule has 1 amide bonds. The van der Waals surface area contributed by atoms with Crippen molar-refractivity contribution in [3.05, 3.63) is 29.8 Å². The highest BCUT2D eigenvalue weighted by molar-refractivity contribution is 5.82. The van der Waals surface area contributed by atoms with Crippen LogP contribution in [0.3, 0.4) is 0 Å². The Kier molecular flexibility index (Phi) is 5.01. The zero-order chi connectivity index (χ0) is 14.5. The van der Waals surface area contributed by atoms with Crippen LogP contribution in [-0.2, 0) is 4.79 Å². The lowest BCUT2D eigenvalue weighted by Gasteiger charge is -2.33. The van der Waals surface area contributed by atoms with Crippen LogP contribution in [0, 0.1) is 0 Å². The van der Waals surface area contributed by atoms with Gasteiger partial charge < -0.3 is 15.1 Å². The fraction of sp³-hybridized carbons (Fsp3) is 0.562. The summed E-state index contributed by atoms with van der Waals surface area (Å²) in [4.78, 5) is 15.7. The minimum atomic E-state index is 0.193. The fourth-order valence-electron chi connectivity index (χ4n) is 2.43. The summed E-state index contributed by atoms with van der Waals surface area (Å²) in [6.45, 7) is 7.59. The second kappa shape index (κ2) is 6.75. The number of anilines is 1. The maximum Gasteiger partial charge on any atom is 0.241 e. The summed E-state index contributed by atoms with van der Waals surface area (Å²) in [7, 11) is 1.86. The lowest BCUT2D eigenvalue weighted by Crippen LogP contribution is -2.48. The molecule has 0 saturated carbocycles. The number of amides is 1. The first kappa shape index (κ1) is 14.9. The standard InChI is InChI=1S/C16H25N3O/c1-4-9-17-13(2)14-5-7-15(8-6-14)19-11-10-18(3)16(20)12-19/h5-8,13,17H,4,9-12H2,1-3H3. The molecule has 110 valence electrons. The lowest BCUT2D eigenvalue weighted by atomic mass is 10.1. The fourth-order valence-corrected chi connectivity index (χ4v) is 2.43. The van der Waals surface area contributed by atoms with E-state index in [2.05, 4.69) is 48.3 Å². The number of piperazine rings is 1. The van der Waals surface area contributed by atoms with Crippen molar-refractivity contribution in [2.24, 2.45) is 0 Å². The average molecular weight is 275 g/mol. The van der Waals surface area contributed by atoms with Gasteiger partial charge in [-0.2, -0.15) is 0 Å². The number of benzene rings is 1. The van der Waals surface area contributed by atoms with E-state index in [0.29, 0.717) is 12.6 Å². The molecular weight excluding hydrogens is 250 g/mol. The van der Waals surface area contributed by atoms with Crippen LogP contribution >= 0.6 is 0 Å². The molecule has 1 aliphatic rings. The SMILES string of the molecule is CCCNC(C)c1ccc(N2CCN(C)C(=O)C2)cc1. The summed E-state index contributed by atoms with van der Waals surface area (Å²) in [5, 5.41) is 3.49. The van der Waals surface area contributed by atoms with Gasteiger partial charge in [0, 0.05) is 31.9 Å². The zero-order valence-electron chi connectivity index (χ0n) is 12.7. The van der Waals surface area contributed by atoms with Gasteiger partial charge in [0.05, 0.1) is 6.54 Å². The second-order valence-electron chi connectivity index (χ2n) is 5.50. The van der Waals surface area contributed by atoms with E-state index in [4.69, 9.17) is 0 Å². The van der Waals surface area contributed by atoms with Gasteiger partial charge in [0.25, 0.3) is 0 Å². The van der Waals surface area contributed by atoms with Crippen molar-refractivity contribution in [2.45, 2.75) is 26.3 Å². The molecule has 1 saturated heterocycles. The average Bonchev–Trinajstić information content (AvgIpc) is 2.48. The number of carbonyl (C=O) groups excluding carboxylic acids is 1. The predicted molar refractivity (Wildman–Crippen MR) is 83.0 cm³/mol. The lowest BCUT2D eigenvalue weighted by molar-refractivity contribution is -0.129. The Bertz CT molecular complexity index is 444. The van der Waals surface area contributed by atoms with Crippen molar-refractivity contribution in [3.8, 4) is 0 Å². The van der Waals surface area contributed by atoms with Crippen molar-refractivity contribution in [1.82, 2.24) is 10.2 Å². The predicted octanol–water partition coefficient (Wildman–Crippen LogP) is 2.03. The summed E-state index contributed by atoms with van der Waals surface area (Å²) in [5.41, 5.74) is 2.43. The molecule has 1 fully saturated rings. The van der Waals surface area contributed by atoms with E-state index in [1.165, 1.54) is 5.56 Å². The molecule has 0 radical (unpaired) electrons. The Morgan fingerprint density at radius 1 is 1.25 bits per heavy atom. The molecule has 1 N–H and O–H groups in total. The van der Waals surface area contributed by atoms with Crippen molar-refractivity contribution in [3.63, 3.8) is 0 Å². The zero-order valence-corrected chi connectivity index (χ0v) is 12.7. The molecule has 0 aromatic heterocycles. The third kappa shape index (κ3) is 3.51. The molecule has 1 aromatic carbocycles. The molecule has 2 rings (SSSR count). The monoisotopic (exact) mass is 275 g/mol. The molecule has 1 aliphatic heterocycles. The molecule has 0 bridgehead atoms. The molecule has 1 atom stereocenters. The van der Waals surface area contributed by atoms with Gasteiger partial charge in [0.2, 0.25) is 5.91 Å². The molecule has 4 heteroatoms. The van der Waals surface area contributed by atoms with E-state index in [1.807, 2.05) is 7.05 Å². The normalized spacial score (nSPS) is 17.4. The molecule has 0 aliphatic carbocycles. The maximum atomic E-state index is 11.7. The number of likely N-dealkylation sites (N-methyl/N-ethyl adjacent to an activating group) is 1. The van der Waals surface area contributed by atoms with Crippen LogP contribution < -0.4 is 10.2 Å². The molecule has 1 heterocycles. The highest BCUT2D eigenvalue weighted by atomic mass is 16.2. The van der Waals surface area contributed by atoms with Crippen molar-refractivity contribution < 1.29 is 4.79 Å². The van der Waals surface area contributed by atoms with Gasteiger partial charge in [-0.25, -0.2) is 0 Å². The number of hydrogen-bond acceptors (Lipinski definition) is 3. The van der Waals surface area contributed by atoms with Crippen LogP contribution in [0.2, 0.25) is 0 Å². The Labute approximate surface area is 121 Å². The van der Waals surface area contributed by atoms with Crippen molar-refractivity contribution in [2.75, 3.05) is 38.1 Å². The van der Waals surface area contributed by atoms with Gasteiger partial charge in [0.1, 0.15) is 0 Å². The number of carbonyl (C=O) groups is 1. The summed E-state index contributed by atoms with van der Waals surface area (Å²) < 4.78 is 0. The highest BCUT2D eigenvalue weighted by Crippen LogP contribution is 2.20. The van der Waals surface area contributed by atoms with Crippen LogP contribution in [0.1, 0.15) is 31.9 Å². The Morgan fingerprint density at radius 3 is 2.55 bits per heavy atom. The molecule has 1 unspecified atom stereocenters. The van der Waals surface area contributed by atoms with Gasteiger partial charge in [-0.3, -0.25) is 4.79 Å². The minimum Gasteiger partial charge on any atom is -0.360 e. The summed E-state index contributed by atoms with van der Waals surface area (Å²) in [6, 6.07) is 8.94. The maximum absolute atomic E-state index is 11.7. The summed E-state index contributed by atoms with van der Waals surface area (Å²) >= 11 is 0. The highest BCUT2D eigenvalue weighted by Gasteiger charge is 2.21. The second-order valence-corrected chi connectivity index (χ2v) is 5.50. The van der Waals surface area contributed by atoms with Gasteiger partial charge in [-0.15, -0.1) is 0 Å². The minimum absolute atomic E-state index is 0.193. The molecule has 1 aromatic rings. The molecular formula is C16H25N3O. The molecule has 4 nitrogen and oxygen atoms in total. The third-order valence-corrected chi connectivity index (χ3v) is 3.92. The molecule has 0 spiro atoms. The van der Waals surface area contributed by atoms with Gasteiger partial charge in [0.15, 0.2) is 0 Å². The first-order valence-electron chi connectivity index (χ1n) is 7.44. The summed E-state index contributed by atoms with van der Waals surface area (Å²) in [5.74, 6) is 0.193. The smallest absolute Gasteiger partial charge is 0.241 e. The quantitative estimate of drug-likeness (QED) is 0.893. The van der Waals surface area contributed by atoms with E-state index in [-0.39, 0.29) is 5.91 Å². The third-order valence-electron chi connectivity index (χ3n) is 3.92. The topological polar surface area (TPSA) is 35.6 Å². The van der Waals surface area contributed by atoms with Crippen LogP contribution in [0.5, 0.6) is 0 Å². The Morgan fingerprint density at radius 2 is 1.95 bits per heavy atom. The first-order valence-corrected chi connectivity index (χ1v) is 7.44. The van der Waals surface area contributed by atoms with E-state index in [1.54, 1.807) is 4.90 Å². The van der Waals surface area contributed by atoms with Gasteiger partial charge in [-0.05, 0) is 37.6 Å². The van der Waals surface area contributed by atoms with Crippen LogP contribution in [0.25, 0.3) is 0 Å². The van der Waals surface area contributed by atoms with Crippen molar-refractivity contribution >= 4 is 11.6 Å². The summed E-state index contributed by atoms with van der Waals surface area (Å²) in [6.07, 6.45) is 1.14. The number of nitrogens with zero attached hydrogens (tertiary/aromatic N) is 2. The first-order chi connectivity index (χ1) is 9.61. The van der Waals surface area contributed by atoms with Crippen LogP contribution in [0.15, 0.2) is 24.3 Å². The van der Waals surface area contributed by atoms with E-state index < -0.39 is 0 Å². The van der Waals surface area contributed by atoms with Gasteiger partial charge in [-0.1, -0.05) is 19.1 Å². The Hall–Kier alpha value is -1.55. The number of nitrogens with one attached hydrogen (secondary N) is 1. The number of hydrogen-bond donors (Lipinski definition) is 1. The van der Waals surface area contributed by atoms with E-state index >= 15 is 0 Å². The van der Waals surface area contributed by atoms with E-state index in [9.17, 15) is 4.79 Å². The van der Waals surface area contributed by atoms with Gasteiger partial charge >= 0.3 is 0 Å². The van der Waals surface area contributed by atoms with E-state index in [0.717, 1.165) is 31.7 Å². The van der Waals surface area contributed by atoms with Crippen LogP contribution in [-0.4, -0.2) is 44.0 Å². The molecule has 20 heavy (non-hydrogen) atoms. The van der Waals surface area contributed by atoms with Crippen LogP contribution in [0.4, 0.5) is 5.69 Å². The largest absolute Gasteiger partial charge is 0.360 e. The Balaban J connectivity index is 1.99. The van der Waals surface area contributed by atoms with Crippen molar-refractivity contribution in [1.29, 1.82) is 0 Å².